The lowest BCUT2D eigenvalue weighted by atomic mass is 10.1. The van der Waals surface area contributed by atoms with Crippen molar-refractivity contribution in [1.29, 1.82) is 0 Å². The van der Waals surface area contributed by atoms with E-state index in [1.165, 1.54) is 0 Å². The summed E-state index contributed by atoms with van der Waals surface area (Å²) in [6.07, 6.45) is 4.13. The van der Waals surface area contributed by atoms with Crippen LogP contribution >= 0.6 is 0 Å². The highest BCUT2D eigenvalue weighted by molar-refractivity contribution is 5.76. The number of rotatable bonds is 19. The number of benzene rings is 1. The van der Waals surface area contributed by atoms with E-state index in [1.54, 1.807) is 0 Å². The van der Waals surface area contributed by atoms with Gasteiger partial charge in [0.1, 0.15) is 6.61 Å². The molecule has 0 spiro atoms. The van der Waals surface area contributed by atoms with Crippen molar-refractivity contribution < 1.29 is 19.1 Å². The van der Waals surface area contributed by atoms with Crippen molar-refractivity contribution in [3.63, 3.8) is 0 Å². The van der Waals surface area contributed by atoms with E-state index >= 15 is 0 Å². The molecular weight excluding hydrogens is 436 g/mol. The van der Waals surface area contributed by atoms with Gasteiger partial charge in [-0.3, -0.25) is 9.59 Å². The topological polar surface area (TPSA) is 152 Å². The maximum atomic E-state index is 11.9. The van der Waals surface area contributed by atoms with Crippen LogP contribution in [0.3, 0.4) is 0 Å². The summed E-state index contributed by atoms with van der Waals surface area (Å²) in [4.78, 5) is 37.7. The van der Waals surface area contributed by atoms with Crippen molar-refractivity contribution in [1.82, 2.24) is 20.9 Å². The zero-order chi connectivity index (χ0) is 24.9. The summed E-state index contributed by atoms with van der Waals surface area (Å²) in [6, 6.07) is 9.56. The first kappa shape index (κ1) is 29.3. The minimum atomic E-state index is -0.407. The molecule has 0 radical (unpaired) electrons. The Morgan fingerprint density at radius 2 is 1.32 bits per heavy atom. The van der Waals surface area contributed by atoms with Crippen LogP contribution in [0.1, 0.15) is 44.1 Å². The average molecular weight is 479 g/mol. The predicted octanol–water partition coefficient (Wildman–Crippen LogP) is 0.705. The van der Waals surface area contributed by atoms with Crippen LogP contribution in [-0.2, 0) is 20.9 Å². The van der Waals surface area contributed by atoms with Gasteiger partial charge in [-0.25, -0.2) is 4.79 Å². The molecule has 10 nitrogen and oxygen atoms in total. The van der Waals surface area contributed by atoms with Crippen molar-refractivity contribution in [3.05, 3.63) is 35.9 Å². The molecule has 0 aliphatic carbocycles. The van der Waals surface area contributed by atoms with E-state index in [0.29, 0.717) is 58.7 Å². The predicted molar refractivity (Wildman–Crippen MR) is 133 cm³/mol. The molecule has 10 heteroatoms. The third-order valence-corrected chi connectivity index (χ3v) is 5.13. The Morgan fingerprint density at radius 3 is 1.91 bits per heavy atom. The number of nitrogens with zero attached hydrogens (tertiary/aromatic N) is 1. The number of unbranched alkanes of at least 4 members (excludes halogenated alkanes) is 3. The Labute approximate surface area is 203 Å². The Bertz CT molecular complexity index is 665. The summed E-state index contributed by atoms with van der Waals surface area (Å²) in [7, 11) is 0. The minimum Gasteiger partial charge on any atom is -0.445 e. The molecule has 7 N–H and O–H groups in total. The van der Waals surface area contributed by atoms with Crippen LogP contribution in [0.4, 0.5) is 4.79 Å². The molecule has 0 unspecified atom stereocenters. The van der Waals surface area contributed by atoms with E-state index in [0.717, 1.165) is 37.8 Å². The molecule has 0 aromatic heterocycles. The molecule has 34 heavy (non-hydrogen) atoms. The van der Waals surface area contributed by atoms with Gasteiger partial charge in [-0.1, -0.05) is 43.2 Å². The number of carbonyl (C=O) groups excluding carboxylic acids is 3. The van der Waals surface area contributed by atoms with E-state index in [2.05, 4.69) is 20.9 Å². The molecule has 1 aromatic carbocycles. The van der Waals surface area contributed by atoms with E-state index < -0.39 is 6.09 Å². The SMILES string of the molecule is NCCNC(=O)CCN(CCCCCCNC(=O)OCc1ccccc1)CCC(=O)NCCN. The van der Waals surface area contributed by atoms with Crippen LogP contribution in [-0.4, -0.2) is 75.2 Å². The third kappa shape index (κ3) is 16.0. The maximum Gasteiger partial charge on any atom is 0.407 e. The second-order valence-electron chi connectivity index (χ2n) is 8.02. The smallest absolute Gasteiger partial charge is 0.407 e. The molecule has 0 atom stereocenters. The van der Waals surface area contributed by atoms with E-state index in [9.17, 15) is 14.4 Å². The first-order valence-corrected chi connectivity index (χ1v) is 12.2. The quantitative estimate of drug-likeness (QED) is 0.184. The van der Waals surface area contributed by atoms with Crippen molar-refractivity contribution in [3.8, 4) is 0 Å². The fraction of sp³-hybridized carbons (Fsp3) is 0.625. The second-order valence-corrected chi connectivity index (χ2v) is 8.02. The minimum absolute atomic E-state index is 0.0340. The molecule has 0 aliphatic rings. The highest BCUT2D eigenvalue weighted by Crippen LogP contribution is 2.04. The summed E-state index contributed by atoms with van der Waals surface area (Å²) < 4.78 is 5.19. The monoisotopic (exact) mass is 478 g/mol. The van der Waals surface area contributed by atoms with Crippen molar-refractivity contribution in [2.75, 3.05) is 52.4 Å². The summed E-state index contributed by atoms with van der Waals surface area (Å²) in [6.45, 7) is 4.58. The Balaban J connectivity index is 2.20. The number of amides is 3. The number of hydrogen-bond donors (Lipinski definition) is 5. The zero-order valence-corrected chi connectivity index (χ0v) is 20.2. The largest absolute Gasteiger partial charge is 0.445 e. The standard InChI is InChI=1S/C24H42N6O4/c25-12-15-27-22(31)10-18-30(19-11-23(32)28-16-13-26)17-7-2-1-6-14-29-24(33)34-20-21-8-4-3-5-9-21/h3-5,8-9H,1-2,6-7,10-20,25-26H2,(H,27,31)(H,28,32)(H,29,33). The van der Waals surface area contributed by atoms with Crippen molar-refractivity contribution in [2.45, 2.75) is 45.1 Å². The number of carbonyl (C=O) groups is 3. The van der Waals surface area contributed by atoms with Gasteiger partial charge in [0.2, 0.25) is 11.8 Å². The second kappa shape index (κ2) is 19.7. The van der Waals surface area contributed by atoms with Crippen LogP contribution in [0, 0.1) is 0 Å². The van der Waals surface area contributed by atoms with Crippen LogP contribution < -0.4 is 27.4 Å². The van der Waals surface area contributed by atoms with Gasteiger partial charge in [0.15, 0.2) is 0 Å². The number of nitrogens with two attached hydrogens (primary N) is 2. The molecule has 0 aliphatic heterocycles. The lowest BCUT2D eigenvalue weighted by molar-refractivity contribution is -0.121. The molecule has 1 rings (SSSR count). The van der Waals surface area contributed by atoms with Crippen LogP contribution in [0.5, 0.6) is 0 Å². The summed E-state index contributed by atoms with van der Waals surface area (Å²) >= 11 is 0. The molecule has 1 aromatic rings. The first-order valence-electron chi connectivity index (χ1n) is 12.2. The van der Waals surface area contributed by atoms with Gasteiger partial charge >= 0.3 is 6.09 Å². The Hall–Kier alpha value is -2.69. The number of ether oxygens (including phenoxy) is 1. The third-order valence-electron chi connectivity index (χ3n) is 5.13. The summed E-state index contributed by atoms with van der Waals surface area (Å²) in [5, 5.41) is 8.31. The zero-order valence-electron chi connectivity index (χ0n) is 20.2. The van der Waals surface area contributed by atoms with Gasteiger partial charge in [-0.15, -0.1) is 0 Å². The fourth-order valence-corrected chi connectivity index (χ4v) is 3.23. The average Bonchev–Trinajstić information content (AvgIpc) is 2.85. The van der Waals surface area contributed by atoms with Crippen LogP contribution in [0.2, 0.25) is 0 Å². The number of alkyl carbamates (subject to hydrolysis) is 1. The van der Waals surface area contributed by atoms with Gasteiger partial charge in [-0.2, -0.15) is 0 Å². The lowest BCUT2D eigenvalue weighted by Crippen LogP contribution is -2.36. The van der Waals surface area contributed by atoms with Gasteiger partial charge in [0, 0.05) is 58.7 Å². The summed E-state index contributed by atoms with van der Waals surface area (Å²) in [5.41, 5.74) is 11.8. The molecule has 0 bridgehead atoms. The number of nitrogens with one attached hydrogen (secondary N) is 3. The maximum absolute atomic E-state index is 11.9. The molecule has 192 valence electrons. The summed E-state index contributed by atoms with van der Waals surface area (Å²) in [5.74, 6) is -0.0680. The normalized spacial score (nSPS) is 10.7. The highest BCUT2D eigenvalue weighted by atomic mass is 16.5. The molecule has 0 saturated heterocycles. The van der Waals surface area contributed by atoms with Crippen molar-refractivity contribution in [2.24, 2.45) is 11.5 Å². The molecule has 0 fully saturated rings. The van der Waals surface area contributed by atoms with E-state index in [4.69, 9.17) is 16.2 Å². The molecular formula is C24H42N6O4. The molecule has 0 saturated carbocycles. The van der Waals surface area contributed by atoms with Crippen LogP contribution in [0.15, 0.2) is 30.3 Å². The van der Waals surface area contributed by atoms with Gasteiger partial charge in [0.05, 0.1) is 0 Å². The Kier molecular flexibility index (Phi) is 17.0. The highest BCUT2D eigenvalue weighted by Gasteiger charge is 2.10. The van der Waals surface area contributed by atoms with Gasteiger partial charge in [0.25, 0.3) is 0 Å². The lowest BCUT2D eigenvalue weighted by Gasteiger charge is -2.22. The van der Waals surface area contributed by atoms with E-state index in [1.807, 2.05) is 30.3 Å². The Morgan fingerprint density at radius 1 is 0.735 bits per heavy atom. The van der Waals surface area contributed by atoms with Crippen molar-refractivity contribution >= 4 is 17.9 Å². The van der Waals surface area contributed by atoms with Gasteiger partial charge in [-0.05, 0) is 24.9 Å². The number of hydrogen-bond acceptors (Lipinski definition) is 7. The van der Waals surface area contributed by atoms with Gasteiger partial charge < -0.3 is 37.1 Å². The van der Waals surface area contributed by atoms with Crippen LogP contribution in [0.25, 0.3) is 0 Å². The fourth-order valence-electron chi connectivity index (χ4n) is 3.23. The first-order chi connectivity index (χ1) is 16.5. The van der Waals surface area contributed by atoms with E-state index in [-0.39, 0.29) is 18.4 Å². The molecule has 0 heterocycles. The molecule has 3 amide bonds.